The van der Waals surface area contributed by atoms with Crippen LogP contribution in [0.15, 0.2) is 48.5 Å². The lowest BCUT2D eigenvalue weighted by Gasteiger charge is -2.26. The molecule has 2 nitrogen and oxygen atoms in total. The largest absolute Gasteiger partial charge is 0.493 e. The van der Waals surface area contributed by atoms with Crippen molar-refractivity contribution < 1.29 is 4.74 Å². The highest BCUT2D eigenvalue weighted by Gasteiger charge is 2.20. The van der Waals surface area contributed by atoms with Crippen molar-refractivity contribution in [3.05, 3.63) is 59.1 Å². The lowest BCUT2D eigenvalue weighted by Crippen LogP contribution is -2.20. The first-order chi connectivity index (χ1) is 9.33. The molecule has 0 radical (unpaired) electrons. The SMILES string of the molecule is Clc1ccc(NCC2CCOc3ccccc32)cc1. The molecular formula is C16H16ClNO. The van der Waals surface area contributed by atoms with Gasteiger partial charge in [0.25, 0.3) is 0 Å². The van der Waals surface area contributed by atoms with E-state index >= 15 is 0 Å². The predicted octanol–water partition coefficient (Wildman–Crippen LogP) is 4.32. The molecule has 0 fully saturated rings. The minimum Gasteiger partial charge on any atom is -0.493 e. The zero-order chi connectivity index (χ0) is 13.1. The Bertz CT molecular complexity index is 553. The van der Waals surface area contributed by atoms with Crippen LogP contribution in [0.5, 0.6) is 5.75 Å². The van der Waals surface area contributed by atoms with E-state index in [4.69, 9.17) is 16.3 Å². The van der Waals surface area contributed by atoms with Gasteiger partial charge in [0.05, 0.1) is 6.61 Å². The number of benzene rings is 2. The van der Waals surface area contributed by atoms with Crippen molar-refractivity contribution in [2.45, 2.75) is 12.3 Å². The summed E-state index contributed by atoms with van der Waals surface area (Å²) >= 11 is 5.88. The van der Waals surface area contributed by atoms with E-state index < -0.39 is 0 Å². The molecule has 19 heavy (non-hydrogen) atoms. The lowest BCUT2D eigenvalue weighted by atomic mass is 9.93. The molecule has 0 aliphatic carbocycles. The van der Waals surface area contributed by atoms with Crippen LogP contribution in [-0.2, 0) is 0 Å². The van der Waals surface area contributed by atoms with Crippen LogP contribution in [0, 0.1) is 0 Å². The standard InChI is InChI=1S/C16H16ClNO/c17-13-5-7-14(8-6-13)18-11-12-9-10-19-16-4-2-1-3-15(12)16/h1-8,12,18H,9-11H2. The summed E-state index contributed by atoms with van der Waals surface area (Å²) in [6.07, 6.45) is 1.05. The lowest BCUT2D eigenvalue weighted by molar-refractivity contribution is 0.270. The van der Waals surface area contributed by atoms with Gasteiger partial charge in [0.1, 0.15) is 5.75 Å². The molecule has 1 N–H and O–H groups in total. The normalized spacial score (nSPS) is 17.4. The topological polar surface area (TPSA) is 21.3 Å². The molecule has 1 atom stereocenters. The average molecular weight is 274 g/mol. The fraction of sp³-hybridized carbons (Fsp3) is 0.250. The number of halogens is 1. The summed E-state index contributed by atoms with van der Waals surface area (Å²) in [4.78, 5) is 0. The maximum absolute atomic E-state index is 5.88. The zero-order valence-electron chi connectivity index (χ0n) is 10.6. The van der Waals surface area contributed by atoms with E-state index in [1.165, 1.54) is 5.56 Å². The maximum Gasteiger partial charge on any atom is 0.122 e. The van der Waals surface area contributed by atoms with E-state index in [-0.39, 0.29) is 0 Å². The summed E-state index contributed by atoms with van der Waals surface area (Å²) in [5.74, 6) is 1.53. The smallest absolute Gasteiger partial charge is 0.122 e. The van der Waals surface area contributed by atoms with Gasteiger partial charge in [-0.05, 0) is 42.3 Å². The van der Waals surface area contributed by atoms with Gasteiger partial charge in [-0.15, -0.1) is 0 Å². The van der Waals surface area contributed by atoms with Crippen molar-refractivity contribution in [2.75, 3.05) is 18.5 Å². The number of para-hydroxylation sites is 1. The fourth-order valence-electron chi connectivity index (χ4n) is 2.44. The monoisotopic (exact) mass is 273 g/mol. The Labute approximate surface area is 118 Å². The van der Waals surface area contributed by atoms with E-state index in [1.807, 2.05) is 36.4 Å². The Balaban J connectivity index is 1.69. The second-order valence-corrected chi connectivity index (χ2v) is 5.20. The van der Waals surface area contributed by atoms with Gasteiger partial charge in [0, 0.05) is 23.2 Å². The summed E-state index contributed by atoms with van der Waals surface area (Å²) in [6, 6.07) is 16.1. The first kappa shape index (κ1) is 12.4. The van der Waals surface area contributed by atoms with Crippen LogP contribution in [-0.4, -0.2) is 13.2 Å². The van der Waals surface area contributed by atoms with Crippen LogP contribution < -0.4 is 10.1 Å². The molecule has 2 aromatic rings. The Kier molecular flexibility index (Phi) is 3.60. The molecule has 1 heterocycles. The Hall–Kier alpha value is -1.67. The van der Waals surface area contributed by atoms with Crippen LogP contribution >= 0.6 is 11.6 Å². The van der Waals surface area contributed by atoms with Gasteiger partial charge in [-0.2, -0.15) is 0 Å². The third-order valence-corrected chi connectivity index (χ3v) is 3.73. The van der Waals surface area contributed by atoms with E-state index in [0.29, 0.717) is 5.92 Å². The molecule has 2 aromatic carbocycles. The summed E-state index contributed by atoms with van der Waals surface area (Å²) in [5.41, 5.74) is 2.41. The molecule has 0 spiro atoms. The Morgan fingerprint density at radius 2 is 1.89 bits per heavy atom. The highest BCUT2D eigenvalue weighted by molar-refractivity contribution is 6.30. The summed E-state index contributed by atoms with van der Waals surface area (Å²) in [6.45, 7) is 1.71. The fourth-order valence-corrected chi connectivity index (χ4v) is 2.56. The van der Waals surface area contributed by atoms with Crippen molar-refractivity contribution in [1.29, 1.82) is 0 Å². The zero-order valence-corrected chi connectivity index (χ0v) is 11.4. The van der Waals surface area contributed by atoms with E-state index in [9.17, 15) is 0 Å². The molecule has 1 aliphatic rings. The van der Waals surface area contributed by atoms with Gasteiger partial charge in [-0.3, -0.25) is 0 Å². The molecule has 98 valence electrons. The quantitative estimate of drug-likeness (QED) is 0.899. The Morgan fingerprint density at radius 1 is 1.11 bits per heavy atom. The summed E-state index contributed by atoms with van der Waals surface area (Å²) < 4.78 is 5.68. The number of anilines is 1. The van der Waals surface area contributed by atoms with Gasteiger partial charge in [-0.1, -0.05) is 29.8 Å². The van der Waals surface area contributed by atoms with Crippen molar-refractivity contribution in [3.8, 4) is 5.75 Å². The highest BCUT2D eigenvalue weighted by Crippen LogP contribution is 2.33. The van der Waals surface area contributed by atoms with Crippen molar-refractivity contribution >= 4 is 17.3 Å². The molecule has 3 rings (SSSR count). The minimum absolute atomic E-state index is 0.501. The van der Waals surface area contributed by atoms with Crippen LogP contribution in [0.1, 0.15) is 17.9 Å². The number of hydrogen-bond acceptors (Lipinski definition) is 2. The van der Waals surface area contributed by atoms with Crippen LogP contribution in [0.4, 0.5) is 5.69 Å². The van der Waals surface area contributed by atoms with Gasteiger partial charge in [0.15, 0.2) is 0 Å². The Morgan fingerprint density at radius 3 is 2.74 bits per heavy atom. The molecule has 0 saturated carbocycles. The first-order valence-corrected chi connectivity index (χ1v) is 6.92. The molecule has 0 aromatic heterocycles. The predicted molar refractivity (Wildman–Crippen MR) is 79.2 cm³/mol. The molecule has 0 saturated heterocycles. The van der Waals surface area contributed by atoms with Crippen LogP contribution in [0.25, 0.3) is 0 Å². The van der Waals surface area contributed by atoms with Gasteiger partial charge < -0.3 is 10.1 Å². The second-order valence-electron chi connectivity index (χ2n) is 4.76. The molecular weight excluding hydrogens is 258 g/mol. The van der Waals surface area contributed by atoms with Crippen LogP contribution in [0.3, 0.4) is 0 Å². The van der Waals surface area contributed by atoms with Crippen LogP contribution in [0.2, 0.25) is 5.02 Å². The molecule has 3 heteroatoms. The van der Waals surface area contributed by atoms with Gasteiger partial charge in [-0.25, -0.2) is 0 Å². The number of hydrogen-bond donors (Lipinski definition) is 1. The average Bonchev–Trinajstić information content (AvgIpc) is 2.47. The number of rotatable bonds is 3. The summed E-state index contributed by atoms with van der Waals surface area (Å²) in [7, 11) is 0. The van der Waals surface area contributed by atoms with Crippen molar-refractivity contribution in [3.63, 3.8) is 0 Å². The van der Waals surface area contributed by atoms with E-state index in [0.717, 1.165) is 36.0 Å². The van der Waals surface area contributed by atoms with E-state index in [2.05, 4.69) is 17.4 Å². The maximum atomic E-state index is 5.88. The third kappa shape index (κ3) is 2.85. The van der Waals surface area contributed by atoms with Gasteiger partial charge in [0.2, 0.25) is 0 Å². The number of nitrogens with one attached hydrogen (secondary N) is 1. The molecule has 1 unspecified atom stereocenters. The third-order valence-electron chi connectivity index (χ3n) is 3.48. The van der Waals surface area contributed by atoms with Crippen molar-refractivity contribution in [1.82, 2.24) is 0 Å². The molecule has 0 amide bonds. The minimum atomic E-state index is 0.501. The number of ether oxygens (including phenoxy) is 1. The summed E-state index contributed by atoms with van der Waals surface area (Å²) in [5, 5.41) is 4.23. The number of fused-ring (bicyclic) bond motifs is 1. The first-order valence-electron chi connectivity index (χ1n) is 6.54. The molecule has 0 bridgehead atoms. The second kappa shape index (κ2) is 5.54. The van der Waals surface area contributed by atoms with Gasteiger partial charge >= 0.3 is 0 Å². The van der Waals surface area contributed by atoms with Crippen molar-refractivity contribution in [2.24, 2.45) is 0 Å². The molecule has 1 aliphatic heterocycles. The highest BCUT2D eigenvalue weighted by atomic mass is 35.5. The van der Waals surface area contributed by atoms with E-state index in [1.54, 1.807) is 0 Å².